The maximum atomic E-state index is 12.7. The lowest BCUT2D eigenvalue weighted by atomic mass is 10.1. The summed E-state index contributed by atoms with van der Waals surface area (Å²) in [7, 11) is 1.57. The van der Waals surface area contributed by atoms with Gasteiger partial charge in [-0.3, -0.25) is 15.2 Å². The Balaban J connectivity index is 1.83. The standard InChI is InChI=1S/C16H17N5O2/c1-23-11-13-17-16(20-19-13)18-15(22)14(21-9-5-6-10-21)12-7-3-2-4-8-12/h2-10,14H,11H2,1H3,(H2,17,18,19,20,22)/t14-/m1/s1. The lowest BCUT2D eigenvalue weighted by molar-refractivity contribution is -0.118. The maximum Gasteiger partial charge on any atom is 0.254 e. The van der Waals surface area contributed by atoms with Gasteiger partial charge in [0.05, 0.1) is 0 Å². The van der Waals surface area contributed by atoms with Crippen LogP contribution in [0.2, 0.25) is 0 Å². The summed E-state index contributed by atoms with van der Waals surface area (Å²) < 4.78 is 6.81. The molecule has 0 spiro atoms. The second kappa shape index (κ2) is 6.89. The van der Waals surface area contributed by atoms with Crippen molar-refractivity contribution in [1.29, 1.82) is 0 Å². The van der Waals surface area contributed by atoms with Crippen LogP contribution in [0.5, 0.6) is 0 Å². The Labute approximate surface area is 133 Å². The first kappa shape index (κ1) is 15.0. The topological polar surface area (TPSA) is 84.8 Å². The van der Waals surface area contributed by atoms with Crippen LogP contribution in [-0.2, 0) is 16.1 Å². The van der Waals surface area contributed by atoms with Crippen LogP contribution < -0.4 is 5.32 Å². The number of carbonyl (C=O) groups is 1. The number of aromatic amines is 1. The molecule has 0 saturated heterocycles. The van der Waals surface area contributed by atoms with Gasteiger partial charge in [-0.2, -0.15) is 4.98 Å². The van der Waals surface area contributed by atoms with E-state index in [0.717, 1.165) is 5.56 Å². The molecule has 2 N–H and O–H groups in total. The highest BCUT2D eigenvalue weighted by Crippen LogP contribution is 2.20. The van der Waals surface area contributed by atoms with Gasteiger partial charge >= 0.3 is 0 Å². The molecule has 0 radical (unpaired) electrons. The molecule has 23 heavy (non-hydrogen) atoms. The SMILES string of the molecule is COCc1nc(NC(=O)[C@@H](c2ccccc2)n2cccc2)n[nH]1. The molecule has 0 aliphatic rings. The van der Waals surface area contributed by atoms with E-state index in [2.05, 4.69) is 20.5 Å². The second-order valence-electron chi connectivity index (χ2n) is 4.97. The molecule has 2 aromatic heterocycles. The number of rotatable bonds is 6. The van der Waals surface area contributed by atoms with E-state index in [1.54, 1.807) is 7.11 Å². The Morgan fingerprint density at radius 3 is 2.70 bits per heavy atom. The number of H-pyrrole nitrogens is 1. The minimum Gasteiger partial charge on any atom is -0.377 e. The number of anilines is 1. The molecule has 0 aliphatic carbocycles. The van der Waals surface area contributed by atoms with Crippen LogP contribution in [0, 0.1) is 0 Å². The van der Waals surface area contributed by atoms with Gasteiger partial charge in [-0.25, -0.2) is 0 Å². The number of hydrogen-bond acceptors (Lipinski definition) is 4. The average Bonchev–Trinajstić information content (AvgIpc) is 3.22. The van der Waals surface area contributed by atoms with Crippen molar-refractivity contribution in [3.63, 3.8) is 0 Å². The number of amides is 1. The van der Waals surface area contributed by atoms with Crippen LogP contribution in [-0.4, -0.2) is 32.8 Å². The zero-order valence-electron chi connectivity index (χ0n) is 12.6. The van der Waals surface area contributed by atoms with Crippen LogP contribution in [0.15, 0.2) is 54.9 Å². The minimum atomic E-state index is -0.490. The third kappa shape index (κ3) is 3.46. The van der Waals surface area contributed by atoms with Crippen LogP contribution in [0.1, 0.15) is 17.4 Å². The highest BCUT2D eigenvalue weighted by Gasteiger charge is 2.23. The molecular weight excluding hydrogens is 294 g/mol. The Hall–Kier alpha value is -2.93. The van der Waals surface area contributed by atoms with Gasteiger partial charge in [-0.05, 0) is 17.7 Å². The molecule has 1 amide bonds. The number of aromatic nitrogens is 4. The summed E-state index contributed by atoms with van der Waals surface area (Å²) in [6, 6.07) is 12.8. The molecule has 0 unspecified atom stereocenters. The highest BCUT2D eigenvalue weighted by atomic mass is 16.5. The van der Waals surface area contributed by atoms with Gasteiger partial charge in [0.1, 0.15) is 12.6 Å². The fourth-order valence-electron chi connectivity index (χ4n) is 2.35. The zero-order valence-corrected chi connectivity index (χ0v) is 12.6. The summed E-state index contributed by atoms with van der Waals surface area (Å²) in [6.07, 6.45) is 3.71. The van der Waals surface area contributed by atoms with Crippen molar-refractivity contribution in [3.8, 4) is 0 Å². The Morgan fingerprint density at radius 2 is 2.00 bits per heavy atom. The zero-order chi connectivity index (χ0) is 16.1. The van der Waals surface area contributed by atoms with E-state index in [1.807, 2.05) is 59.4 Å². The molecule has 7 heteroatoms. The predicted octanol–water partition coefficient (Wildman–Crippen LogP) is 1.98. The van der Waals surface area contributed by atoms with E-state index in [-0.39, 0.29) is 11.9 Å². The first-order valence-electron chi connectivity index (χ1n) is 7.16. The fraction of sp³-hybridized carbons (Fsp3) is 0.188. The van der Waals surface area contributed by atoms with Crippen LogP contribution in [0.4, 0.5) is 5.95 Å². The van der Waals surface area contributed by atoms with E-state index in [0.29, 0.717) is 12.4 Å². The van der Waals surface area contributed by atoms with E-state index in [1.165, 1.54) is 0 Å². The van der Waals surface area contributed by atoms with Gasteiger partial charge in [0.15, 0.2) is 5.82 Å². The number of carbonyl (C=O) groups excluding carboxylic acids is 1. The molecule has 0 aliphatic heterocycles. The normalized spacial score (nSPS) is 12.0. The fourth-order valence-corrected chi connectivity index (χ4v) is 2.35. The van der Waals surface area contributed by atoms with E-state index < -0.39 is 6.04 Å². The largest absolute Gasteiger partial charge is 0.377 e. The van der Waals surface area contributed by atoms with E-state index in [4.69, 9.17) is 4.74 Å². The molecular formula is C16H17N5O2. The Morgan fingerprint density at radius 1 is 1.26 bits per heavy atom. The summed E-state index contributed by atoms with van der Waals surface area (Å²) in [5.41, 5.74) is 0.883. The summed E-state index contributed by atoms with van der Waals surface area (Å²) in [5.74, 6) is 0.575. The van der Waals surface area contributed by atoms with Crippen molar-refractivity contribution in [1.82, 2.24) is 19.7 Å². The third-order valence-corrected chi connectivity index (χ3v) is 3.34. The Kier molecular flexibility index (Phi) is 4.49. The van der Waals surface area contributed by atoms with Crippen LogP contribution in [0.3, 0.4) is 0 Å². The molecule has 118 valence electrons. The first-order valence-corrected chi connectivity index (χ1v) is 7.16. The van der Waals surface area contributed by atoms with E-state index in [9.17, 15) is 4.79 Å². The van der Waals surface area contributed by atoms with Gasteiger partial charge in [0.2, 0.25) is 5.95 Å². The summed E-state index contributed by atoms with van der Waals surface area (Å²) in [6.45, 7) is 0.308. The third-order valence-electron chi connectivity index (χ3n) is 3.34. The number of methoxy groups -OCH3 is 1. The van der Waals surface area contributed by atoms with Crippen molar-refractivity contribution < 1.29 is 9.53 Å². The number of benzene rings is 1. The summed E-state index contributed by atoms with van der Waals surface area (Å²) in [4.78, 5) is 16.9. The first-order chi connectivity index (χ1) is 11.3. The molecule has 0 saturated carbocycles. The monoisotopic (exact) mass is 311 g/mol. The highest BCUT2D eigenvalue weighted by molar-refractivity contribution is 5.94. The van der Waals surface area contributed by atoms with Crippen molar-refractivity contribution in [2.45, 2.75) is 12.6 Å². The molecule has 1 atom stereocenters. The van der Waals surface area contributed by atoms with Gasteiger partial charge in [-0.1, -0.05) is 30.3 Å². The van der Waals surface area contributed by atoms with E-state index >= 15 is 0 Å². The predicted molar refractivity (Wildman–Crippen MR) is 84.7 cm³/mol. The van der Waals surface area contributed by atoms with Crippen molar-refractivity contribution in [2.75, 3.05) is 12.4 Å². The molecule has 7 nitrogen and oxygen atoms in total. The van der Waals surface area contributed by atoms with Crippen LogP contribution >= 0.6 is 0 Å². The van der Waals surface area contributed by atoms with Gasteiger partial charge in [0, 0.05) is 19.5 Å². The molecule has 3 rings (SSSR count). The molecule has 1 aromatic carbocycles. The quantitative estimate of drug-likeness (QED) is 0.729. The van der Waals surface area contributed by atoms with Crippen LogP contribution in [0.25, 0.3) is 0 Å². The van der Waals surface area contributed by atoms with Gasteiger partial charge in [0.25, 0.3) is 5.91 Å². The summed E-state index contributed by atoms with van der Waals surface area (Å²) in [5, 5.41) is 9.43. The number of hydrogen-bond donors (Lipinski definition) is 2. The smallest absolute Gasteiger partial charge is 0.254 e. The average molecular weight is 311 g/mol. The van der Waals surface area contributed by atoms with Crippen molar-refractivity contribution in [3.05, 3.63) is 66.2 Å². The lowest BCUT2D eigenvalue weighted by Crippen LogP contribution is -2.26. The molecule has 0 fully saturated rings. The molecule has 2 heterocycles. The number of nitrogens with zero attached hydrogens (tertiary/aromatic N) is 3. The minimum absolute atomic E-state index is 0.213. The number of nitrogens with one attached hydrogen (secondary N) is 2. The van der Waals surface area contributed by atoms with Crippen molar-refractivity contribution in [2.24, 2.45) is 0 Å². The molecule has 0 bridgehead atoms. The van der Waals surface area contributed by atoms with Gasteiger partial charge < -0.3 is 9.30 Å². The summed E-state index contributed by atoms with van der Waals surface area (Å²) >= 11 is 0. The lowest BCUT2D eigenvalue weighted by Gasteiger charge is -2.18. The second-order valence-corrected chi connectivity index (χ2v) is 4.97. The number of ether oxygens (including phenoxy) is 1. The maximum absolute atomic E-state index is 12.7. The van der Waals surface area contributed by atoms with Crippen molar-refractivity contribution >= 4 is 11.9 Å². The Bertz CT molecular complexity index is 752. The van der Waals surface area contributed by atoms with Gasteiger partial charge in [-0.15, -0.1) is 5.10 Å². The molecule has 3 aromatic rings.